The molecule has 0 saturated heterocycles. The summed E-state index contributed by atoms with van der Waals surface area (Å²) in [6.07, 6.45) is 12.6. The number of nitrogens with zero attached hydrogens (tertiary/aromatic N) is 3. The molecule has 0 aliphatic heterocycles. The predicted molar refractivity (Wildman–Crippen MR) is 116 cm³/mol. The van der Waals surface area contributed by atoms with E-state index in [0.29, 0.717) is 18.0 Å². The van der Waals surface area contributed by atoms with Crippen LogP contribution in [0.3, 0.4) is 0 Å². The molecule has 5 nitrogen and oxygen atoms in total. The number of pyridine rings is 1. The van der Waals surface area contributed by atoms with E-state index in [1.807, 2.05) is 36.3 Å². The largest absolute Gasteiger partial charge is 0.378 e. The van der Waals surface area contributed by atoms with Gasteiger partial charge < -0.3 is 9.88 Å². The van der Waals surface area contributed by atoms with E-state index in [-0.39, 0.29) is 5.56 Å². The highest BCUT2D eigenvalue weighted by molar-refractivity contribution is 5.66. The van der Waals surface area contributed by atoms with Crippen LogP contribution in [-0.2, 0) is 7.05 Å². The molecular weight excluding hydrogens is 360 g/mol. The second kappa shape index (κ2) is 7.54. The molecule has 0 bridgehead atoms. The molecule has 3 aromatic rings. The van der Waals surface area contributed by atoms with Crippen LogP contribution in [0.4, 0.5) is 5.69 Å². The molecule has 0 spiro atoms. The van der Waals surface area contributed by atoms with E-state index in [4.69, 9.17) is 0 Å². The second-order valence-electron chi connectivity index (χ2n) is 8.59. The fourth-order valence-electron chi connectivity index (χ4n) is 4.57. The Balaban J connectivity index is 1.36. The van der Waals surface area contributed by atoms with E-state index in [9.17, 15) is 4.79 Å². The Morgan fingerprint density at radius 3 is 2.38 bits per heavy atom. The molecule has 2 saturated carbocycles. The van der Waals surface area contributed by atoms with Crippen LogP contribution in [0.15, 0.2) is 59.8 Å². The van der Waals surface area contributed by atoms with Gasteiger partial charge >= 0.3 is 0 Å². The third kappa shape index (κ3) is 3.86. The monoisotopic (exact) mass is 388 g/mol. The minimum Gasteiger partial charge on any atom is -0.378 e. The average Bonchev–Trinajstić information content (AvgIpc) is 3.51. The van der Waals surface area contributed by atoms with Crippen molar-refractivity contribution >= 4 is 5.69 Å². The summed E-state index contributed by atoms with van der Waals surface area (Å²) < 4.78 is 3.74. The van der Waals surface area contributed by atoms with Gasteiger partial charge in [-0.3, -0.25) is 9.48 Å². The molecule has 2 aromatic heterocycles. The van der Waals surface area contributed by atoms with E-state index in [0.717, 1.165) is 42.5 Å². The molecule has 2 aliphatic rings. The van der Waals surface area contributed by atoms with Gasteiger partial charge in [-0.05, 0) is 56.1 Å². The van der Waals surface area contributed by atoms with Crippen molar-refractivity contribution in [2.45, 2.75) is 56.5 Å². The highest BCUT2D eigenvalue weighted by Gasteiger charge is 2.27. The molecule has 0 radical (unpaired) electrons. The number of hydrogen-bond donors (Lipinski definition) is 1. The lowest BCUT2D eigenvalue weighted by Crippen LogP contribution is -2.30. The summed E-state index contributed by atoms with van der Waals surface area (Å²) in [6, 6.07) is 13.5. The Hall–Kier alpha value is -2.82. The lowest BCUT2D eigenvalue weighted by Gasteiger charge is -2.30. The maximum absolute atomic E-state index is 13.1. The van der Waals surface area contributed by atoms with E-state index in [1.165, 1.54) is 18.4 Å². The van der Waals surface area contributed by atoms with E-state index in [1.54, 1.807) is 4.68 Å². The first-order valence-electron chi connectivity index (χ1n) is 10.7. The van der Waals surface area contributed by atoms with Gasteiger partial charge in [0.25, 0.3) is 5.56 Å². The van der Waals surface area contributed by atoms with Crippen LogP contribution in [0.1, 0.15) is 56.0 Å². The van der Waals surface area contributed by atoms with Crippen molar-refractivity contribution in [1.29, 1.82) is 0 Å². The maximum Gasteiger partial charge on any atom is 0.274 e. The fraction of sp³-hybridized carbons (Fsp3) is 0.417. The Labute approximate surface area is 171 Å². The van der Waals surface area contributed by atoms with Gasteiger partial charge in [0.05, 0.1) is 6.20 Å². The van der Waals surface area contributed by atoms with Crippen molar-refractivity contribution in [3.8, 4) is 11.1 Å². The van der Waals surface area contributed by atoms with Crippen molar-refractivity contribution in [3.05, 3.63) is 70.9 Å². The second-order valence-corrected chi connectivity index (χ2v) is 8.59. The summed E-state index contributed by atoms with van der Waals surface area (Å²) in [6.45, 7) is 0. The quantitative estimate of drug-likeness (QED) is 0.688. The van der Waals surface area contributed by atoms with Gasteiger partial charge in [0.15, 0.2) is 0 Å². The molecule has 5 rings (SSSR count). The van der Waals surface area contributed by atoms with Crippen LogP contribution in [0.2, 0.25) is 0 Å². The summed E-state index contributed by atoms with van der Waals surface area (Å²) in [5, 5.41) is 7.90. The van der Waals surface area contributed by atoms with Crippen LogP contribution in [0.25, 0.3) is 11.1 Å². The summed E-state index contributed by atoms with van der Waals surface area (Å²) in [5.41, 5.74) is 4.41. The molecule has 2 fully saturated rings. The zero-order chi connectivity index (χ0) is 19.8. The van der Waals surface area contributed by atoms with Crippen LogP contribution in [0, 0.1) is 0 Å². The van der Waals surface area contributed by atoms with Gasteiger partial charge in [0, 0.05) is 42.7 Å². The maximum atomic E-state index is 13.1. The zero-order valence-corrected chi connectivity index (χ0v) is 16.9. The molecule has 5 heteroatoms. The standard InChI is InChI=1S/C24H28N4O/c1-27-15-20(14-25-27)19-13-23(24(29)28(16-19)22-11-12-22)26-21-9-7-18(8-10-21)17-5-3-2-4-6-17/h2-6,13-16,18,21-22,26H,7-12H2,1H3. The lowest BCUT2D eigenvalue weighted by atomic mass is 9.82. The smallest absolute Gasteiger partial charge is 0.274 e. The average molecular weight is 389 g/mol. The Morgan fingerprint density at radius 2 is 1.72 bits per heavy atom. The minimum absolute atomic E-state index is 0.116. The normalized spacial score (nSPS) is 21.8. The fourth-order valence-corrected chi connectivity index (χ4v) is 4.57. The van der Waals surface area contributed by atoms with Crippen molar-refractivity contribution in [2.75, 3.05) is 5.32 Å². The minimum atomic E-state index is 0.116. The van der Waals surface area contributed by atoms with Gasteiger partial charge in [-0.25, -0.2) is 0 Å². The Morgan fingerprint density at radius 1 is 0.966 bits per heavy atom. The predicted octanol–water partition coefficient (Wildman–Crippen LogP) is 4.72. The number of rotatable bonds is 5. The number of aromatic nitrogens is 3. The summed E-state index contributed by atoms with van der Waals surface area (Å²) in [5.74, 6) is 0.638. The van der Waals surface area contributed by atoms with E-state index < -0.39 is 0 Å². The summed E-state index contributed by atoms with van der Waals surface area (Å²) >= 11 is 0. The van der Waals surface area contributed by atoms with Gasteiger partial charge in [0.1, 0.15) is 5.69 Å². The molecule has 2 aliphatic carbocycles. The Kier molecular flexibility index (Phi) is 4.74. The highest BCUT2D eigenvalue weighted by Crippen LogP contribution is 2.36. The molecule has 1 N–H and O–H groups in total. The lowest BCUT2D eigenvalue weighted by molar-refractivity contribution is 0.412. The molecule has 0 amide bonds. The number of aryl methyl sites for hydroxylation is 1. The molecule has 0 unspecified atom stereocenters. The highest BCUT2D eigenvalue weighted by atomic mass is 16.1. The first-order valence-corrected chi connectivity index (χ1v) is 10.7. The molecule has 29 heavy (non-hydrogen) atoms. The van der Waals surface area contributed by atoms with Crippen LogP contribution >= 0.6 is 0 Å². The van der Waals surface area contributed by atoms with Crippen molar-refractivity contribution < 1.29 is 0 Å². The van der Waals surface area contributed by atoms with Gasteiger partial charge in [-0.1, -0.05) is 30.3 Å². The van der Waals surface area contributed by atoms with Crippen molar-refractivity contribution in [3.63, 3.8) is 0 Å². The van der Waals surface area contributed by atoms with E-state index >= 15 is 0 Å². The van der Waals surface area contributed by atoms with Crippen LogP contribution in [-0.4, -0.2) is 20.4 Å². The number of benzene rings is 1. The topological polar surface area (TPSA) is 51.9 Å². The molecular formula is C24H28N4O. The number of hydrogen-bond acceptors (Lipinski definition) is 3. The van der Waals surface area contributed by atoms with Crippen LogP contribution < -0.4 is 10.9 Å². The van der Waals surface area contributed by atoms with Gasteiger partial charge in [-0.15, -0.1) is 0 Å². The molecule has 2 heterocycles. The summed E-state index contributed by atoms with van der Waals surface area (Å²) in [7, 11) is 1.92. The van der Waals surface area contributed by atoms with Crippen LogP contribution in [0.5, 0.6) is 0 Å². The number of anilines is 1. The van der Waals surface area contributed by atoms with Gasteiger partial charge in [0.2, 0.25) is 0 Å². The molecule has 0 atom stereocenters. The van der Waals surface area contributed by atoms with Gasteiger partial charge in [-0.2, -0.15) is 5.10 Å². The zero-order valence-electron chi connectivity index (χ0n) is 16.9. The van der Waals surface area contributed by atoms with E-state index in [2.05, 4.69) is 40.7 Å². The summed E-state index contributed by atoms with van der Waals surface area (Å²) in [4.78, 5) is 13.1. The SMILES string of the molecule is Cn1cc(-c2cc(NC3CCC(c4ccccc4)CC3)c(=O)n(C3CC3)c2)cn1. The molecule has 1 aromatic carbocycles. The van der Waals surface area contributed by atoms with Crippen molar-refractivity contribution in [1.82, 2.24) is 14.3 Å². The Bertz CT molecular complexity index is 1040. The third-order valence-corrected chi connectivity index (χ3v) is 6.38. The third-order valence-electron chi connectivity index (χ3n) is 6.38. The van der Waals surface area contributed by atoms with Crippen molar-refractivity contribution in [2.24, 2.45) is 7.05 Å². The first kappa shape index (κ1) is 18.2. The first-order chi connectivity index (χ1) is 14.2. The number of nitrogens with one attached hydrogen (secondary N) is 1. The molecule has 150 valence electrons.